The molecule has 1 saturated heterocycles. The fourth-order valence-electron chi connectivity index (χ4n) is 1.88. The van der Waals surface area contributed by atoms with Crippen molar-refractivity contribution in [3.63, 3.8) is 0 Å². The average Bonchev–Trinajstić information content (AvgIpc) is 2.22. The van der Waals surface area contributed by atoms with Crippen LogP contribution in [0.3, 0.4) is 0 Å². The van der Waals surface area contributed by atoms with Gasteiger partial charge in [0.25, 0.3) is 0 Å². The summed E-state index contributed by atoms with van der Waals surface area (Å²) in [6.45, 7) is 1.56. The van der Waals surface area contributed by atoms with Crippen LogP contribution < -0.4 is 5.32 Å². The van der Waals surface area contributed by atoms with E-state index in [1.54, 1.807) is 6.07 Å². The third-order valence-corrected chi connectivity index (χ3v) is 3.04. The fraction of sp³-hybridized carbons (Fsp3) is 0.500. The third kappa shape index (κ3) is 2.48. The van der Waals surface area contributed by atoms with Crippen LogP contribution in [0.15, 0.2) is 24.3 Å². The smallest absolute Gasteiger partial charge is 0.316 e. The van der Waals surface area contributed by atoms with Crippen molar-refractivity contribution < 1.29 is 22.0 Å². The predicted octanol–water partition coefficient (Wildman–Crippen LogP) is 3.10. The Morgan fingerprint density at radius 1 is 1.11 bits per heavy atom. The Morgan fingerprint density at radius 3 is 2.28 bits per heavy atom. The zero-order valence-electron chi connectivity index (χ0n) is 9.40. The van der Waals surface area contributed by atoms with Crippen LogP contribution in [0.25, 0.3) is 0 Å². The fourth-order valence-corrected chi connectivity index (χ4v) is 1.88. The van der Waals surface area contributed by atoms with Crippen molar-refractivity contribution in [1.82, 2.24) is 5.32 Å². The molecule has 1 nitrogen and oxygen atoms in total. The summed E-state index contributed by atoms with van der Waals surface area (Å²) in [5.41, 5.74) is -0.470. The summed E-state index contributed by atoms with van der Waals surface area (Å²) in [5.74, 6) is -4.47. The number of benzene rings is 1. The zero-order chi connectivity index (χ0) is 13.4. The lowest BCUT2D eigenvalue weighted by Gasteiger charge is -2.27. The molecule has 1 aromatic rings. The van der Waals surface area contributed by atoms with E-state index in [1.165, 1.54) is 6.07 Å². The molecular formula is C12H12F5N. The highest BCUT2D eigenvalue weighted by Gasteiger charge is 2.58. The molecule has 1 fully saturated rings. The summed E-state index contributed by atoms with van der Waals surface area (Å²) >= 11 is 0. The van der Waals surface area contributed by atoms with Crippen molar-refractivity contribution in [1.29, 1.82) is 0 Å². The number of hydrogen-bond acceptors (Lipinski definition) is 1. The molecule has 100 valence electrons. The van der Waals surface area contributed by atoms with Crippen molar-refractivity contribution in [2.75, 3.05) is 13.1 Å². The van der Waals surface area contributed by atoms with Gasteiger partial charge in [-0.3, -0.25) is 0 Å². The maximum Gasteiger partial charge on any atom is 0.458 e. The van der Waals surface area contributed by atoms with Crippen molar-refractivity contribution in [2.24, 2.45) is 5.92 Å². The van der Waals surface area contributed by atoms with Crippen LogP contribution in [-0.4, -0.2) is 19.3 Å². The molecule has 6 heteroatoms. The molecular weight excluding hydrogens is 253 g/mol. The molecule has 0 radical (unpaired) electrons. The van der Waals surface area contributed by atoms with Crippen molar-refractivity contribution in [3.8, 4) is 0 Å². The first-order valence-corrected chi connectivity index (χ1v) is 5.55. The highest BCUT2D eigenvalue weighted by molar-refractivity contribution is 5.28. The van der Waals surface area contributed by atoms with Crippen molar-refractivity contribution in [3.05, 3.63) is 35.4 Å². The van der Waals surface area contributed by atoms with E-state index in [9.17, 15) is 22.0 Å². The Balaban J connectivity index is 2.20. The minimum absolute atomic E-state index is 0.319. The average molecular weight is 265 g/mol. The van der Waals surface area contributed by atoms with Gasteiger partial charge in [-0.2, -0.15) is 22.0 Å². The van der Waals surface area contributed by atoms with Crippen LogP contribution in [0.1, 0.15) is 11.1 Å². The molecule has 1 aromatic carbocycles. The van der Waals surface area contributed by atoms with Crippen LogP contribution in [0.4, 0.5) is 22.0 Å². The molecule has 0 aliphatic carbocycles. The lowest BCUT2D eigenvalue weighted by atomic mass is 9.93. The second-order valence-corrected chi connectivity index (χ2v) is 4.50. The molecule has 1 heterocycles. The van der Waals surface area contributed by atoms with Crippen LogP contribution in [-0.2, 0) is 12.3 Å². The summed E-state index contributed by atoms with van der Waals surface area (Å²) in [6.07, 6.45) is -5.03. The molecule has 1 N–H and O–H groups in total. The normalized spacial score (nSPS) is 17.6. The molecule has 1 aliphatic rings. The highest BCUT2D eigenvalue weighted by atomic mass is 19.4. The lowest BCUT2D eigenvalue weighted by Crippen LogP contribution is -2.43. The first kappa shape index (κ1) is 13.3. The second-order valence-electron chi connectivity index (χ2n) is 4.50. The van der Waals surface area contributed by atoms with Gasteiger partial charge in [0.05, 0.1) is 0 Å². The zero-order valence-corrected chi connectivity index (χ0v) is 9.40. The van der Waals surface area contributed by atoms with Crippen molar-refractivity contribution in [2.45, 2.75) is 18.5 Å². The third-order valence-electron chi connectivity index (χ3n) is 3.04. The Kier molecular flexibility index (Phi) is 3.31. The van der Waals surface area contributed by atoms with Gasteiger partial charge in [0, 0.05) is 5.56 Å². The van der Waals surface area contributed by atoms with Gasteiger partial charge in [-0.15, -0.1) is 0 Å². The van der Waals surface area contributed by atoms with E-state index in [4.69, 9.17) is 0 Å². The molecule has 2 rings (SSSR count). The van der Waals surface area contributed by atoms with E-state index in [1.807, 2.05) is 0 Å². The van der Waals surface area contributed by atoms with Gasteiger partial charge < -0.3 is 5.32 Å². The van der Waals surface area contributed by atoms with E-state index in [0.29, 0.717) is 17.9 Å². The Labute approximate surface area is 101 Å². The van der Waals surface area contributed by atoms with Gasteiger partial charge in [-0.25, -0.2) is 0 Å². The van der Waals surface area contributed by atoms with E-state index < -0.39 is 17.7 Å². The van der Waals surface area contributed by atoms with Crippen LogP contribution in [0.2, 0.25) is 0 Å². The lowest BCUT2D eigenvalue weighted by molar-refractivity contribution is -0.289. The maximum atomic E-state index is 13.1. The van der Waals surface area contributed by atoms with Crippen LogP contribution in [0, 0.1) is 5.92 Å². The SMILES string of the molecule is FC(F)(F)C(F)(F)c1cccc(CC2CNC2)c1. The summed E-state index contributed by atoms with van der Waals surface area (Å²) in [5, 5.41) is 3.02. The maximum absolute atomic E-state index is 13.1. The largest absolute Gasteiger partial charge is 0.458 e. The topological polar surface area (TPSA) is 12.0 Å². The van der Waals surface area contributed by atoms with Gasteiger partial charge in [-0.1, -0.05) is 18.2 Å². The molecule has 18 heavy (non-hydrogen) atoms. The first-order chi connectivity index (χ1) is 8.30. The molecule has 0 unspecified atom stereocenters. The van der Waals surface area contributed by atoms with Crippen LogP contribution in [0.5, 0.6) is 0 Å². The van der Waals surface area contributed by atoms with Gasteiger partial charge in [0.1, 0.15) is 0 Å². The predicted molar refractivity (Wildman–Crippen MR) is 56.5 cm³/mol. The minimum Gasteiger partial charge on any atom is -0.316 e. The quantitative estimate of drug-likeness (QED) is 0.828. The molecule has 0 saturated carbocycles. The Hall–Kier alpha value is -1.17. The number of hydrogen-bond donors (Lipinski definition) is 1. The standard InChI is InChI=1S/C12H12F5N/c13-11(14,12(15,16)17)10-3-1-2-8(5-10)4-9-6-18-7-9/h1-3,5,9,18H,4,6-7H2. The van der Waals surface area contributed by atoms with Crippen LogP contribution >= 0.6 is 0 Å². The number of halogens is 5. The monoisotopic (exact) mass is 265 g/mol. The highest BCUT2D eigenvalue weighted by Crippen LogP contribution is 2.43. The summed E-state index contributed by atoms with van der Waals surface area (Å²) in [4.78, 5) is 0. The van der Waals surface area contributed by atoms with E-state index in [-0.39, 0.29) is 0 Å². The number of rotatable bonds is 3. The van der Waals surface area contributed by atoms with E-state index in [0.717, 1.165) is 25.2 Å². The summed E-state index contributed by atoms with van der Waals surface area (Å²) in [7, 11) is 0. The van der Waals surface area contributed by atoms with E-state index in [2.05, 4.69) is 5.32 Å². The van der Waals surface area contributed by atoms with Gasteiger partial charge in [0.2, 0.25) is 0 Å². The van der Waals surface area contributed by atoms with Gasteiger partial charge in [0.15, 0.2) is 0 Å². The molecule has 0 aromatic heterocycles. The van der Waals surface area contributed by atoms with E-state index >= 15 is 0 Å². The van der Waals surface area contributed by atoms with Gasteiger partial charge in [-0.05, 0) is 37.1 Å². The molecule has 1 aliphatic heterocycles. The Morgan fingerprint density at radius 2 is 1.78 bits per heavy atom. The summed E-state index contributed by atoms with van der Waals surface area (Å²) in [6, 6.07) is 4.59. The molecule has 0 atom stereocenters. The number of alkyl halides is 5. The summed E-state index contributed by atoms with van der Waals surface area (Å²) < 4.78 is 63.0. The molecule has 0 bridgehead atoms. The number of nitrogens with one attached hydrogen (secondary N) is 1. The minimum atomic E-state index is -5.55. The molecule has 0 spiro atoms. The molecule has 0 amide bonds. The second kappa shape index (κ2) is 4.50. The van der Waals surface area contributed by atoms with Gasteiger partial charge >= 0.3 is 12.1 Å². The van der Waals surface area contributed by atoms with Crippen molar-refractivity contribution >= 4 is 0 Å². The first-order valence-electron chi connectivity index (χ1n) is 5.55. The Bertz CT molecular complexity index is 423.